The van der Waals surface area contributed by atoms with Crippen LogP contribution >= 0.6 is 0 Å². The lowest BCUT2D eigenvalue weighted by atomic mass is 9.96. The van der Waals surface area contributed by atoms with Crippen molar-refractivity contribution >= 4 is 5.91 Å². The summed E-state index contributed by atoms with van der Waals surface area (Å²) in [5.41, 5.74) is 4.66. The molecule has 16 heavy (non-hydrogen) atoms. The lowest BCUT2D eigenvalue weighted by molar-refractivity contribution is -0.122. The zero-order chi connectivity index (χ0) is 12.6. The van der Waals surface area contributed by atoms with E-state index in [1.165, 1.54) is 0 Å². The molecule has 4 N–H and O–H groups in total. The molecule has 0 aromatic rings. The lowest BCUT2D eigenvalue weighted by Gasteiger charge is -2.18. The number of amides is 1. The fourth-order valence-electron chi connectivity index (χ4n) is 1.53. The highest BCUT2D eigenvalue weighted by Gasteiger charge is 2.14. The molecule has 1 unspecified atom stereocenters. The number of hydrogen-bond donors (Lipinski definition) is 3. The maximum absolute atomic E-state index is 11.5. The van der Waals surface area contributed by atoms with E-state index in [2.05, 4.69) is 12.2 Å². The standard InChI is InChI=1S/C12H26N2O2/c1-4-10(7-8-13)5-6-11(15)14-9-12(2,3)16/h10,16H,4-9,13H2,1-3H3,(H,14,15). The fourth-order valence-corrected chi connectivity index (χ4v) is 1.53. The molecular weight excluding hydrogens is 204 g/mol. The van der Waals surface area contributed by atoms with Gasteiger partial charge in [0.25, 0.3) is 0 Å². The zero-order valence-electron chi connectivity index (χ0n) is 10.8. The predicted octanol–water partition coefficient (Wildman–Crippen LogP) is 1.03. The smallest absolute Gasteiger partial charge is 0.220 e. The Bertz CT molecular complexity index is 200. The molecule has 0 aliphatic heterocycles. The third-order valence-electron chi connectivity index (χ3n) is 2.65. The highest BCUT2D eigenvalue weighted by molar-refractivity contribution is 5.75. The van der Waals surface area contributed by atoms with Crippen LogP contribution in [0.25, 0.3) is 0 Å². The maximum Gasteiger partial charge on any atom is 0.220 e. The first-order valence-corrected chi connectivity index (χ1v) is 6.08. The van der Waals surface area contributed by atoms with E-state index in [4.69, 9.17) is 5.73 Å². The van der Waals surface area contributed by atoms with Crippen LogP contribution in [0.15, 0.2) is 0 Å². The second-order valence-electron chi connectivity index (χ2n) is 4.98. The highest BCUT2D eigenvalue weighted by atomic mass is 16.3. The summed E-state index contributed by atoms with van der Waals surface area (Å²) in [4.78, 5) is 11.5. The molecule has 1 atom stereocenters. The van der Waals surface area contributed by atoms with Gasteiger partial charge < -0.3 is 16.2 Å². The molecule has 0 aliphatic carbocycles. The van der Waals surface area contributed by atoms with Gasteiger partial charge in [-0.3, -0.25) is 4.79 Å². The van der Waals surface area contributed by atoms with E-state index >= 15 is 0 Å². The second-order valence-corrected chi connectivity index (χ2v) is 4.98. The van der Waals surface area contributed by atoms with Crippen molar-refractivity contribution in [2.45, 2.75) is 52.1 Å². The van der Waals surface area contributed by atoms with E-state index in [1.54, 1.807) is 13.8 Å². The van der Waals surface area contributed by atoms with Gasteiger partial charge in [0.2, 0.25) is 5.91 Å². The third-order valence-corrected chi connectivity index (χ3v) is 2.65. The minimum absolute atomic E-state index is 0.0117. The highest BCUT2D eigenvalue weighted by Crippen LogP contribution is 2.14. The first-order valence-electron chi connectivity index (χ1n) is 6.08. The van der Waals surface area contributed by atoms with Crippen molar-refractivity contribution in [1.29, 1.82) is 0 Å². The van der Waals surface area contributed by atoms with Crippen LogP contribution in [0.2, 0.25) is 0 Å². The van der Waals surface area contributed by atoms with Crippen LogP contribution in [0.5, 0.6) is 0 Å². The molecular formula is C12H26N2O2. The largest absolute Gasteiger partial charge is 0.389 e. The van der Waals surface area contributed by atoms with Crippen LogP contribution in [0, 0.1) is 5.92 Å². The van der Waals surface area contributed by atoms with Crippen molar-refractivity contribution in [3.63, 3.8) is 0 Å². The Morgan fingerprint density at radius 3 is 2.50 bits per heavy atom. The number of carbonyl (C=O) groups excluding carboxylic acids is 1. The van der Waals surface area contributed by atoms with Crippen LogP contribution in [0.1, 0.15) is 46.5 Å². The van der Waals surface area contributed by atoms with Crippen LogP contribution in [-0.2, 0) is 4.79 Å². The summed E-state index contributed by atoms with van der Waals surface area (Å²) >= 11 is 0. The van der Waals surface area contributed by atoms with Gasteiger partial charge in [0.15, 0.2) is 0 Å². The Balaban J connectivity index is 3.71. The molecule has 4 nitrogen and oxygen atoms in total. The van der Waals surface area contributed by atoms with Gasteiger partial charge in [0.05, 0.1) is 5.60 Å². The molecule has 0 saturated heterocycles. The summed E-state index contributed by atoms with van der Waals surface area (Å²) in [6.07, 6.45) is 3.45. The van der Waals surface area contributed by atoms with E-state index in [-0.39, 0.29) is 5.91 Å². The van der Waals surface area contributed by atoms with Gasteiger partial charge in [-0.2, -0.15) is 0 Å². The van der Waals surface area contributed by atoms with Gasteiger partial charge in [-0.1, -0.05) is 13.3 Å². The molecule has 0 saturated carbocycles. The molecule has 0 aliphatic rings. The van der Waals surface area contributed by atoms with Crippen LogP contribution < -0.4 is 11.1 Å². The Hall–Kier alpha value is -0.610. The normalized spacial score (nSPS) is 13.6. The van der Waals surface area contributed by atoms with Crippen molar-refractivity contribution in [1.82, 2.24) is 5.32 Å². The molecule has 0 bridgehead atoms. The number of nitrogens with two attached hydrogens (primary N) is 1. The average molecular weight is 230 g/mol. The summed E-state index contributed by atoms with van der Waals surface area (Å²) in [5.74, 6) is 0.551. The SMILES string of the molecule is CCC(CCN)CCC(=O)NCC(C)(C)O. The average Bonchev–Trinajstić information content (AvgIpc) is 2.20. The van der Waals surface area contributed by atoms with Gasteiger partial charge in [0.1, 0.15) is 0 Å². The Morgan fingerprint density at radius 1 is 1.44 bits per heavy atom. The Labute approximate surface area is 98.6 Å². The van der Waals surface area contributed by atoms with Crippen molar-refractivity contribution in [3.05, 3.63) is 0 Å². The molecule has 0 rings (SSSR count). The molecule has 0 fully saturated rings. The molecule has 0 spiro atoms. The van der Waals surface area contributed by atoms with Gasteiger partial charge in [-0.25, -0.2) is 0 Å². The minimum Gasteiger partial charge on any atom is -0.389 e. The van der Waals surface area contributed by atoms with Crippen molar-refractivity contribution in [2.75, 3.05) is 13.1 Å². The van der Waals surface area contributed by atoms with Gasteiger partial charge in [-0.15, -0.1) is 0 Å². The number of hydrogen-bond acceptors (Lipinski definition) is 3. The monoisotopic (exact) mass is 230 g/mol. The molecule has 1 amide bonds. The van der Waals surface area contributed by atoms with E-state index in [0.29, 0.717) is 25.4 Å². The van der Waals surface area contributed by atoms with Crippen LogP contribution in [0.4, 0.5) is 0 Å². The zero-order valence-corrected chi connectivity index (χ0v) is 10.8. The molecule has 0 aromatic heterocycles. The van der Waals surface area contributed by atoms with Gasteiger partial charge >= 0.3 is 0 Å². The minimum atomic E-state index is -0.836. The Kier molecular flexibility index (Phi) is 7.34. The van der Waals surface area contributed by atoms with E-state index in [9.17, 15) is 9.90 Å². The first-order chi connectivity index (χ1) is 7.39. The van der Waals surface area contributed by atoms with Crippen LogP contribution in [0.3, 0.4) is 0 Å². The van der Waals surface area contributed by atoms with Crippen molar-refractivity contribution in [3.8, 4) is 0 Å². The fraction of sp³-hybridized carbons (Fsp3) is 0.917. The molecule has 4 heteroatoms. The predicted molar refractivity (Wildman–Crippen MR) is 66.0 cm³/mol. The summed E-state index contributed by atoms with van der Waals surface area (Å²) in [6.45, 7) is 6.46. The Morgan fingerprint density at radius 2 is 2.06 bits per heavy atom. The number of rotatable bonds is 8. The topological polar surface area (TPSA) is 75.4 Å². The number of aliphatic hydroxyl groups is 1. The summed E-state index contributed by atoms with van der Waals surface area (Å²) < 4.78 is 0. The molecule has 0 aromatic carbocycles. The lowest BCUT2D eigenvalue weighted by Crippen LogP contribution is -2.38. The van der Waals surface area contributed by atoms with E-state index in [0.717, 1.165) is 19.3 Å². The quantitative estimate of drug-likeness (QED) is 0.583. The van der Waals surface area contributed by atoms with Gasteiger partial charge in [-0.05, 0) is 39.2 Å². The van der Waals surface area contributed by atoms with Crippen molar-refractivity contribution < 1.29 is 9.90 Å². The number of carbonyl (C=O) groups is 1. The molecule has 96 valence electrons. The maximum atomic E-state index is 11.5. The summed E-state index contributed by atoms with van der Waals surface area (Å²) in [5, 5.41) is 12.2. The summed E-state index contributed by atoms with van der Waals surface area (Å²) in [7, 11) is 0. The first kappa shape index (κ1) is 15.4. The van der Waals surface area contributed by atoms with Gasteiger partial charge in [0, 0.05) is 13.0 Å². The van der Waals surface area contributed by atoms with E-state index in [1.807, 2.05) is 0 Å². The van der Waals surface area contributed by atoms with Crippen molar-refractivity contribution in [2.24, 2.45) is 11.7 Å². The summed E-state index contributed by atoms with van der Waals surface area (Å²) in [6, 6.07) is 0. The van der Waals surface area contributed by atoms with E-state index < -0.39 is 5.60 Å². The molecule has 0 heterocycles. The third kappa shape index (κ3) is 8.68. The molecule has 0 radical (unpaired) electrons. The second kappa shape index (κ2) is 7.63. The number of nitrogens with one attached hydrogen (secondary N) is 1. The van der Waals surface area contributed by atoms with Crippen LogP contribution in [-0.4, -0.2) is 29.7 Å².